The van der Waals surface area contributed by atoms with E-state index in [4.69, 9.17) is 5.26 Å². The second-order valence-electron chi connectivity index (χ2n) is 4.60. The molecule has 0 aliphatic heterocycles. The molecule has 23 heavy (non-hydrogen) atoms. The van der Waals surface area contributed by atoms with Gasteiger partial charge in [0.1, 0.15) is 17.5 Å². The number of Topliss-reactive ketones (excluding diaryl/α,β-unsaturated/α-hetero) is 1. The molecular weight excluding hydrogens is 310 g/mol. The number of ketones is 1. The third-order valence-electron chi connectivity index (χ3n) is 3.01. The number of hydrogen-bond acceptors (Lipinski definition) is 2. The fourth-order valence-electron chi connectivity index (χ4n) is 1.91. The van der Waals surface area contributed by atoms with Crippen molar-refractivity contribution in [1.29, 1.82) is 5.26 Å². The van der Waals surface area contributed by atoms with Crippen LogP contribution in [-0.2, 0) is 6.18 Å². The number of carbonyl (C=O) groups excluding carboxylic acids is 1. The highest BCUT2D eigenvalue weighted by atomic mass is 19.4. The zero-order valence-electron chi connectivity index (χ0n) is 11.6. The van der Waals surface area contributed by atoms with Gasteiger partial charge in [0.2, 0.25) is 5.78 Å². The summed E-state index contributed by atoms with van der Waals surface area (Å²) in [5.41, 5.74) is -1.63. The minimum Gasteiger partial charge on any atom is -0.288 e. The van der Waals surface area contributed by atoms with Crippen LogP contribution in [0, 0.1) is 17.1 Å². The van der Waals surface area contributed by atoms with Crippen molar-refractivity contribution in [2.45, 2.75) is 6.18 Å². The summed E-state index contributed by atoms with van der Waals surface area (Å²) in [5, 5.41) is 9.06. The third kappa shape index (κ3) is 3.83. The number of rotatable bonds is 3. The Morgan fingerprint density at radius 2 is 1.78 bits per heavy atom. The smallest absolute Gasteiger partial charge is 0.288 e. The highest BCUT2D eigenvalue weighted by molar-refractivity contribution is 6.14. The maximum absolute atomic E-state index is 13.6. The van der Waals surface area contributed by atoms with E-state index in [9.17, 15) is 22.4 Å². The molecule has 0 radical (unpaired) electrons. The lowest BCUT2D eigenvalue weighted by Gasteiger charge is -2.07. The van der Waals surface area contributed by atoms with E-state index < -0.39 is 28.9 Å². The van der Waals surface area contributed by atoms with Gasteiger partial charge in [0, 0.05) is 0 Å². The topological polar surface area (TPSA) is 40.9 Å². The monoisotopic (exact) mass is 319 g/mol. The molecule has 6 heteroatoms. The van der Waals surface area contributed by atoms with Gasteiger partial charge in [-0.15, -0.1) is 0 Å². The van der Waals surface area contributed by atoms with Crippen LogP contribution in [0.3, 0.4) is 0 Å². The highest BCUT2D eigenvalue weighted by Gasteiger charge is 2.30. The molecule has 2 aromatic carbocycles. The molecule has 2 rings (SSSR count). The average Bonchev–Trinajstić information content (AvgIpc) is 2.52. The SMILES string of the molecule is N#C/C(=C\c1cccc(C(F)(F)F)c1)C(=O)c1ccccc1F. The van der Waals surface area contributed by atoms with Crippen molar-refractivity contribution in [3.05, 3.63) is 76.6 Å². The normalized spacial score (nSPS) is 11.9. The number of nitrogens with zero attached hydrogens (tertiary/aromatic N) is 1. The van der Waals surface area contributed by atoms with Crippen LogP contribution in [0.15, 0.2) is 54.1 Å². The Bertz CT molecular complexity index is 816. The third-order valence-corrected chi connectivity index (χ3v) is 3.01. The first-order valence-electron chi connectivity index (χ1n) is 6.41. The predicted molar refractivity (Wildman–Crippen MR) is 75.8 cm³/mol. The summed E-state index contributed by atoms with van der Waals surface area (Å²) >= 11 is 0. The number of halogens is 4. The molecule has 0 saturated heterocycles. The van der Waals surface area contributed by atoms with Crippen molar-refractivity contribution in [2.75, 3.05) is 0 Å². The van der Waals surface area contributed by atoms with E-state index in [0.717, 1.165) is 30.3 Å². The molecule has 0 fully saturated rings. The summed E-state index contributed by atoms with van der Waals surface area (Å²) in [5.74, 6) is -1.69. The molecule has 0 N–H and O–H groups in total. The van der Waals surface area contributed by atoms with Crippen molar-refractivity contribution in [2.24, 2.45) is 0 Å². The molecule has 0 aliphatic rings. The molecule has 2 nitrogen and oxygen atoms in total. The Morgan fingerprint density at radius 3 is 2.39 bits per heavy atom. The summed E-state index contributed by atoms with van der Waals surface area (Å²) in [6, 6.07) is 10.8. The van der Waals surface area contributed by atoms with Gasteiger partial charge < -0.3 is 0 Å². The number of nitriles is 1. The molecule has 0 aliphatic carbocycles. The molecule has 0 bridgehead atoms. The summed E-state index contributed by atoms with van der Waals surface area (Å²) < 4.78 is 51.6. The minimum absolute atomic E-state index is 0.0288. The van der Waals surface area contributed by atoms with Crippen LogP contribution < -0.4 is 0 Å². The molecule has 116 valence electrons. The van der Waals surface area contributed by atoms with Gasteiger partial charge in [-0.3, -0.25) is 4.79 Å². The maximum Gasteiger partial charge on any atom is 0.416 e. The Labute approximate surface area is 129 Å². The van der Waals surface area contributed by atoms with E-state index in [1.54, 1.807) is 6.07 Å². The van der Waals surface area contributed by atoms with Gasteiger partial charge in [0.15, 0.2) is 0 Å². The maximum atomic E-state index is 13.6. The fraction of sp³-hybridized carbons (Fsp3) is 0.0588. The molecule has 0 unspecified atom stereocenters. The lowest BCUT2D eigenvalue weighted by Crippen LogP contribution is -2.06. The molecule has 0 spiro atoms. The molecule has 2 aromatic rings. The number of carbonyl (C=O) groups is 1. The lowest BCUT2D eigenvalue weighted by molar-refractivity contribution is -0.137. The van der Waals surface area contributed by atoms with E-state index in [1.165, 1.54) is 24.3 Å². The standard InChI is InChI=1S/C17H9F4NO/c18-15-7-2-1-6-14(15)16(23)12(10-22)8-11-4-3-5-13(9-11)17(19,20)21/h1-9H/b12-8+. The first-order chi connectivity index (χ1) is 10.8. The Balaban J connectivity index is 2.42. The van der Waals surface area contributed by atoms with Crippen molar-refractivity contribution >= 4 is 11.9 Å². The molecule has 0 heterocycles. The van der Waals surface area contributed by atoms with E-state index in [1.807, 2.05) is 0 Å². The number of benzene rings is 2. The zero-order chi connectivity index (χ0) is 17.0. The Kier molecular flexibility index (Phi) is 4.60. The zero-order valence-corrected chi connectivity index (χ0v) is 11.6. The van der Waals surface area contributed by atoms with Gasteiger partial charge in [-0.2, -0.15) is 18.4 Å². The van der Waals surface area contributed by atoms with Gasteiger partial charge >= 0.3 is 6.18 Å². The summed E-state index contributed by atoms with van der Waals surface area (Å²) in [4.78, 5) is 12.1. The first-order valence-corrected chi connectivity index (χ1v) is 6.41. The molecule has 0 amide bonds. The molecule has 0 atom stereocenters. The molecule has 0 saturated carbocycles. The first kappa shape index (κ1) is 16.4. The Hall–Kier alpha value is -2.94. The van der Waals surface area contributed by atoms with Gasteiger partial charge in [-0.05, 0) is 35.9 Å². The van der Waals surface area contributed by atoms with Crippen molar-refractivity contribution in [3.63, 3.8) is 0 Å². The summed E-state index contributed by atoms with van der Waals surface area (Å²) in [6.07, 6.45) is -3.53. The highest BCUT2D eigenvalue weighted by Crippen LogP contribution is 2.30. The second kappa shape index (κ2) is 6.44. The van der Waals surface area contributed by atoms with E-state index >= 15 is 0 Å². The van der Waals surface area contributed by atoms with Crippen LogP contribution in [0.25, 0.3) is 6.08 Å². The molecule has 0 aromatic heterocycles. The second-order valence-corrected chi connectivity index (χ2v) is 4.60. The van der Waals surface area contributed by atoms with Crippen LogP contribution >= 0.6 is 0 Å². The van der Waals surface area contributed by atoms with Gasteiger partial charge in [0.25, 0.3) is 0 Å². The lowest BCUT2D eigenvalue weighted by atomic mass is 10.0. The van der Waals surface area contributed by atoms with Crippen LogP contribution in [-0.4, -0.2) is 5.78 Å². The van der Waals surface area contributed by atoms with Crippen LogP contribution in [0.4, 0.5) is 17.6 Å². The predicted octanol–water partition coefficient (Wildman–Crippen LogP) is 4.63. The van der Waals surface area contributed by atoms with E-state index in [2.05, 4.69) is 0 Å². The average molecular weight is 319 g/mol. The van der Waals surface area contributed by atoms with Crippen LogP contribution in [0.2, 0.25) is 0 Å². The number of allylic oxidation sites excluding steroid dienone is 1. The van der Waals surface area contributed by atoms with Crippen LogP contribution in [0.1, 0.15) is 21.5 Å². The summed E-state index contributed by atoms with van der Waals surface area (Å²) in [6.45, 7) is 0. The summed E-state index contributed by atoms with van der Waals surface area (Å²) in [7, 11) is 0. The van der Waals surface area contributed by atoms with Crippen molar-refractivity contribution in [1.82, 2.24) is 0 Å². The van der Waals surface area contributed by atoms with Gasteiger partial charge in [0.05, 0.1) is 11.1 Å². The van der Waals surface area contributed by atoms with Gasteiger partial charge in [-0.25, -0.2) is 4.39 Å². The van der Waals surface area contributed by atoms with E-state index in [-0.39, 0.29) is 11.1 Å². The minimum atomic E-state index is -4.54. The molecular formula is C17H9F4NO. The fourth-order valence-corrected chi connectivity index (χ4v) is 1.91. The Morgan fingerprint density at radius 1 is 1.09 bits per heavy atom. The number of hydrogen-bond donors (Lipinski definition) is 0. The van der Waals surface area contributed by atoms with Gasteiger partial charge in [-0.1, -0.05) is 24.3 Å². The largest absolute Gasteiger partial charge is 0.416 e. The van der Waals surface area contributed by atoms with E-state index in [0.29, 0.717) is 0 Å². The number of alkyl halides is 3. The van der Waals surface area contributed by atoms with Crippen LogP contribution in [0.5, 0.6) is 0 Å². The van der Waals surface area contributed by atoms with Crippen molar-refractivity contribution in [3.8, 4) is 6.07 Å². The van der Waals surface area contributed by atoms with Crippen molar-refractivity contribution < 1.29 is 22.4 Å². The quantitative estimate of drug-likeness (QED) is 0.358.